The van der Waals surface area contributed by atoms with Crippen molar-refractivity contribution < 1.29 is 19.0 Å². The molecular formula is C10H11FO3. The van der Waals surface area contributed by atoms with Crippen molar-refractivity contribution in [1.82, 2.24) is 0 Å². The van der Waals surface area contributed by atoms with Gasteiger partial charge in [-0.05, 0) is 18.2 Å². The van der Waals surface area contributed by atoms with Gasteiger partial charge in [-0.15, -0.1) is 0 Å². The van der Waals surface area contributed by atoms with Crippen molar-refractivity contribution >= 4 is 5.78 Å². The number of carbonyl (C=O) groups is 1. The predicted octanol–water partition coefficient (Wildman–Crippen LogP) is 1.40. The Balaban J connectivity index is 3.03. The van der Waals surface area contributed by atoms with Gasteiger partial charge < -0.3 is 9.84 Å². The lowest BCUT2D eigenvalue weighted by atomic mass is 10.1. The summed E-state index contributed by atoms with van der Waals surface area (Å²) in [5.41, 5.74) is 0.168. The number of methoxy groups -OCH3 is 1. The van der Waals surface area contributed by atoms with Crippen LogP contribution in [0.15, 0.2) is 18.2 Å². The Morgan fingerprint density at radius 3 is 2.86 bits per heavy atom. The summed E-state index contributed by atoms with van der Waals surface area (Å²) >= 11 is 0. The average Bonchev–Trinajstić information content (AvgIpc) is 2.18. The first-order chi connectivity index (χ1) is 6.69. The zero-order valence-corrected chi connectivity index (χ0v) is 7.79. The molecule has 0 bridgehead atoms. The van der Waals surface area contributed by atoms with Gasteiger partial charge in [0, 0.05) is 6.42 Å². The van der Waals surface area contributed by atoms with E-state index in [9.17, 15) is 9.18 Å². The molecule has 0 spiro atoms. The smallest absolute Gasteiger partial charge is 0.168 e. The van der Waals surface area contributed by atoms with Gasteiger partial charge >= 0.3 is 0 Å². The molecule has 1 aromatic rings. The molecule has 1 aromatic carbocycles. The van der Waals surface area contributed by atoms with Gasteiger partial charge in [-0.2, -0.15) is 0 Å². The lowest BCUT2D eigenvalue weighted by molar-refractivity contribution is 0.0953. The molecule has 0 amide bonds. The van der Waals surface area contributed by atoms with E-state index in [0.29, 0.717) is 5.75 Å². The summed E-state index contributed by atoms with van der Waals surface area (Å²) in [7, 11) is 1.41. The average molecular weight is 198 g/mol. The summed E-state index contributed by atoms with van der Waals surface area (Å²) in [4.78, 5) is 11.4. The number of halogens is 1. The molecule has 0 radical (unpaired) electrons. The number of benzene rings is 1. The number of aliphatic hydroxyl groups is 1. The summed E-state index contributed by atoms with van der Waals surface area (Å²) in [6, 6.07) is 3.71. The van der Waals surface area contributed by atoms with E-state index in [4.69, 9.17) is 9.84 Å². The second kappa shape index (κ2) is 4.72. The van der Waals surface area contributed by atoms with Gasteiger partial charge in [0.05, 0.1) is 19.3 Å². The standard InChI is InChI=1S/C10H11FO3/c1-14-10-3-2-7(11)6-8(10)9(13)4-5-12/h2-3,6,12H,4-5H2,1H3. The lowest BCUT2D eigenvalue weighted by Crippen LogP contribution is -2.04. The number of Topliss-reactive ketones (excluding diaryl/α,β-unsaturated/α-hetero) is 1. The summed E-state index contributed by atoms with van der Waals surface area (Å²) in [6.07, 6.45) is -0.0280. The molecule has 0 aromatic heterocycles. The summed E-state index contributed by atoms with van der Waals surface area (Å²) < 4.78 is 17.7. The van der Waals surface area contributed by atoms with Gasteiger partial charge in [-0.25, -0.2) is 4.39 Å². The molecule has 0 saturated heterocycles. The van der Waals surface area contributed by atoms with Crippen LogP contribution in [0.2, 0.25) is 0 Å². The minimum atomic E-state index is -0.493. The molecular weight excluding hydrogens is 187 g/mol. The van der Waals surface area contributed by atoms with Crippen molar-refractivity contribution in [3.05, 3.63) is 29.6 Å². The topological polar surface area (TPSA) is 46.5 Å². The van der Waals surface area contributed by atoms with E-state index in [-0.39, 0.29) is 24.4 Å². The molecule has 0 aliphatic rings. The van der Waals surface area contributed by atoms with Crippen LogP contribution in [0.1, 0.15) is 16.8 Å². The molecule has 4 heteroatoms. The maximum atomic E-state index is 12.8. The van der Waals surface area contributed by atoms with E-state index in [1.54, 1.807) is 0 Å². The van der Waals surface area contributed by atoms with Gasteiger partial charge in [0.2, 0.25) is 0 Å². The maximum absolute atomic E-state index is 12.8. The van der Waals surface area contributed by atoms with Crippen LogP contribution in [0, 0.1) is 5.82 Å². The number of carbonyl (C=O) groups excluding carboxylic acids is 1. The van der Waals surface area contributed by atoms with Gasteiger partial charge in [0.15, 0.2) is 5.78 Å². The maximum Gasteiger partial charge on any atom is 0.168 e. The third-order valence-corrected chi connectivity index (χ3v) is 1.80. The van der Waals surface area contributed by atoms with E-state index in [0.717, 1.165) is 6.07 Å². The summed E-state index contributed by atoms with van der Waals surface area (Å²) in [5.74, 6) is -0.499. The first kappa shape index (κ1) is 10.7. The lowest BCUT2D eigenvalue weighted by Gasteiger charge is -2.06. The molecule has 0 aliphatic carbocycles. The molecule has 0 heterocycles. The molecule has 0 fully saturated rings. The highest BCUT2D eigenvalue weighted by molar-refractivity contribution is 5.98. The van der Waals surface area contributed by atoms with Crippen LogP contribution in [0.3, 0.4) is 0 Å². The summed E-state index contributed by atoms with van der Waals surface area (Å²) in [6.45, 7) is -0.251. The SMILES string of the molecule is COc1ccc(F)cc1C(=O)CCO. The third-order valence-electron chi connectivity index (χ3n) is 1.80. The number of hydrogen-bond acceptors (Lipinski definition) is 3. The number of aliphatic hydroxyl groups excluding tert-OH is 1. The van der Waals surface area contributed by atoms with Crippen LogP contribution >= 0.6 is 0 Å². The fourth-order valence-electron chi connectivity index (χ4n) is 1.13. The van der Waals surface area contributed by atoms with Gasteiger partial charge in [-0.1, -0.05) is 0 Å². The van der Waals surface area contributed by atoms with Crippen molar-refractivity contribution in [3.8, 4) is 5.75 Å². The predicted molar refractivity (Wildman–Crippen MR) is 49.0 cm³/mol. The van der Waals surface area contributed by atoms with Crippen molar-refractivity contribution in [2.75, 3.05) is 13.7 Å². The quantitative estimate of drug-likeness (QED) is 0.744. The minimum absolute atomic E-state index is 0.0280. The van der Waals surface area contributed by atoms with E-state index in [2.05, 4.69) is 0 Å². The fourth-order valence-corrected chi connectivity index (χ4v) is 1.13. The van der Waals surface area contributed by atoms with Crippen molar-refractivity contribution in [2.45, 2.75) is 6.42 Å². The highest BCUT2D eigenvalue weighted by atomic mass is 19.1. The van der Waals surface area contributed by atoms with Crippen LogP contribution in [0.25, 0.3) is 0 Å². The number of ether oxygens (including phenoxy) is 1. The number of ketones is 1. The second-order valence-electron chi connectivity index (χ2n) is 2.74. The zero-order valence-electron chi connectivity index (χ0n) is 7.79. The molecule has 3 nitrogen and oxygen atoms in total. The second-order valence-corrected chi connectivity index (χ2v) is 2.74. The monoisotopic (exact) mass is 198 g/mol. The van der Waals surface area contributed by atoms with E-state index >= 15 is 0 Å². The molecule has 0 aliphatic heterocycles. The first-order valence-electron chi connectivity index (χ1n) is 4.16. The van der Waals surface area contributed by atoms with Crippen LogP contribution in [-0.4, -0.2) is 24.6 Å². The van der Waals surface area contributed by atoms with Crippen molar-refractivity contribution in [3.63, 3.8) is 0 Å². The summed E-state index contributed by atoms with van der Waals surface area (Å²) in [5, 5.41) is 8.58. The number of rotatable bonds is 4. The number of hydrogen-bond donors (Lipinski definition) is 1. The fraction of sp³-hybridized carbons (Fsp3) is 0.300. The normalized spacial score (nSPS) is 9.93. The van der Waals surface area contributed by atoms with E-state index < -0.39 is 5.82 Å². The third kappa shape index (κ3) is 2.29. The molecule has 0 saturated carbocycles. The van der Waals surface area contributed by atoms with E-state index in [1.807, 2.05) is 0 Å². The Bertz CT molecular complexity index is 336. The molecule has 0 unspecified atom stereocenters. The largest absolute Gasteiger partial charge is 0.496 e. The van der Waals surface area contributed by atoms with Gasteiger partial charge in [0.1, 0.15) is 11.6 Å². The van der Waals surface area contributed by atoms with Gasteiger partial charge in [0.25, 0.3) is 0 Å². The molecule has 1 N–H and O–H groups in total. The molecule has 14 heavy (non-hydrogen) atoms. The van der Waals surface area contributed by atoms with Crippen molar-refractivity contribution in [1.29, 1.82) is 0 Å². The van der Waals surface area contributed by atoms with Crippen LogP contribution < -0.4 is 4.74 Å². The Hall–Kier alpha value is -1.42. The van der Waals surface area contributed by atoms with E-state index in [1.165, 1.54) is 19.2 Å². The Morgan fingerprint density at radius 2 is 2.29 bits per heavy atom. The van der Waals surface area contributed by atoms with Crippen molar-refractivity contribution in [2.24, 2.45) is 0 Å². The van der Waals surface area contributed by atoms with Crippen LogP contribution in [0.5, 0.6) is 5.75 Å². The highest BCUT2D eigenvalue weighted by Crippen LogP contribution is 2.20. The molecule has 1 rings (SSSR count). The Labute approximate surface area is 81.1 Å². The first-order valence-corrected chi connectivity index (χ1v) is 4.16. The Kier molecular flexibility index (Phi) is 3.59. The Morgan fingerprint density at radius 1 is 1.57 bits per heavy atom. The van der Waals surface area contributed by atoms with Crippen LogP contribution in [-0.2, 0) is 0 Å². The molecule has 0 atom stereocenters. The minimum Gasteiger partial charge on any atom is -0.496 e. The molecule has 76 valence electrons. The zero-order chi connectivity index (χ0) is 10.6. The van der Waals surface area contributed by atoms with Gasteiger partial charge in [-0.3, -0.25) is 4.79 Å². The van der Waals surface area contributed by atoms with Crippen LogP contribution in [0.4, 0.5) is 4.39 Å². The highest BCUT2D eigenvalue weighted by Gasteiger charge is 2.12.